The Balaban J connectivity index is 1.53. The number of morpholine rings is 1. The highest BCUT2D eigenvalue weighted by Gasteiger charge is 2.16. The van der Waals surface area contributed by atoms with E-state index in [1.807, 2.05) is 44.6 Å². The zero-order valence-corrected chi connectivity index (χ0v) is 16.1. The van der Waals surface area contributed by atoms with Crippen molar-refractivity contribution in [1.82, 2.24) is 19.5 Å². The first-order valence-corrected chi connectivity index (χ1v) is 9.33. The van der Waals surface area contributed by atoms with Gasteiger partial charge in [0.2, 0.25) is 11.9 Å². The third kappa shape index (κ3) is 3.97. The van der Waals surface area contributed by atoms with Crippen molar-refractivity contribution in [3.8, 4) is 11.1 Å². The molecule has 2 aromatic heterocycles. The molecule has 1 fully saturated rings. The van der Waals surface area contributed by atoms with Gasteiger partial charge in [-0.2, -0.15) is 4.98 Å². The molecule has 8 heteroatoms. The van der Waals surface area contributed by atoms with E-state index < -0.39 is 0 Å². The largest absolute Gasteiger partial charge is 0.379 e. The molecule has 0 saturated carbocycles. The van der Waals surface area contributed by atoms with Crippen LogP contribution in [0.4, 0.5) is 11.6 Å². The Labute approximate surface area is 163 Å². The zero-order valence-electron chi connectivity index (χ0n) is 16.1. The maximum atomic E-state index is 12.3. The maximum Gasteiger partial charge on any atom is 0.249 e. The van der Waals surface area contributed by atoms with Crippen molar-refractivity contribution in [1.29, 1.82) is 0 Å². The first-order chi connectivity index (χ1) is 13.6. The second kappa shape index (κ2) is 7.95. The van der Waals surface area contributed by atoms with Crippen LogP contribution in [0.2, 0.25) is 0 Å². The zero-order chi connectivity index (χ0) is 19.5. The number of para-hydroxylation sites is 1. The highest BCUT2D eigenvalue weighted by Crippen LogP contribution is 2.29. The fraction of sp³-hybridized carbons (Fsp3) is 0.350. The van der Waals surface area contributed by atoms with Gasteiger partial charge in [-0.25, -0.2) is 4.52 Å². The molecular formula is C20H24N6O2. The Morgan fingerprint density at radius 2 is 1.96 bits per heavy atom. The molecule has 1 saturated heterocycles. The molecule has 1 aliphatic rings. The van der Waals surface area contributed by atoms with Gasteiger partial charge in [-0.15, -0.1) is 5.10 Å². The minimum Gasteiger partial charge on any atom is -0.379 e. The predicted molar refractivity (Wildman–Crippen MR) is 109 cm³/mol. The van der Waals surface area contributed by atoms with Crippen LogP contribution in [0.25, 0.3) is 16.8 Å². The van der Waals surface area contributed by atoms with Crippen molar-refractivity contribution >= 4 is 23.2 Å². The van der Waals surface area contributed by atoms with E-state index >= 15 is 0 Å². The van der Waals surface area contributed by atoms with Gasteiger partial charge >= 0.3 is 0 Å². The van der Waals surface area contributed by atoms with Gasteiger partial charge in [0.05, 0.1) is 19.8 Å². The average molecular weight is 380 g/mol. The fourth-order valence-electron chi connectivity index (χ4n) is 3.33. The molecule has 28 heavy (non-hydrogen) atoms. The Morgan fingerprint density at radius 1 is 1.18 bits per heavy atom. The van der Waals surface area contributed by atoms with Crippen molar-refractivity contribution in [2.24, 2.45) is 0 Å². The molecule has 3 aromatic rings. The summed E-state index contributed by atoms with van der Waals surface area (Å²) in [4.78, 5) is 20.8. The second-order valence-electron chi connectivity index (χ2n) is 7.00. The molecule has 0 atom stereocenters. The first kappa shape index (κ1) is 18.4. The summed E-state index contributed by atoms with van der Waals surface area (Å²) in [6.07, 6.45) is 1.93. The summed E-state index contributed by atoms with van der Waals surface area (Å²) in [7, 11) is 4.05. The first-order valence-electron chi connectivity index (χ1n) is 9.33. The number of benzene rings is 1. The van der Waals surface area contributed by atoms with Gasteiger partial charge in [0.1, 0.15) is 0 Å². The third-order valence-corrected chi connectivity index (χ3v) is 4.75. The van der Waals surface area contributed by atoms with Gasteiger partial charge in [0.15, 0.2) is 5.65 Å². The quantitative estimate of drug-likeness (QED) is 0.727. The summed E-state index contributed by atoms with van der Waals surface area (Å²) in [5.74, 6) is 0.201. The van der Waals surface area contributed by atoms with Crippen LogP contribution >= 0.6 is 0 Å². The van der Waals surface area contributed by atoms with E-state index in [2.05, 4.69) is 37.3 Å². The number of pyridine rings is 1. The Morgan fingerprint density at radius 3 is 2.75 bits per heavy atom. The molecule has 0 unspecified atom stereocenters. The lowest BCUT2D eigenvalue weighted by Gasteiger charge is -2.25. The van der Waals surface area contributed by atoms with Crippen LogP contribution < -0.4 is 10.2 Å². The predicted octanol–water partition coefficient (Wildman–Crippen LogP) is 1.73. The standard InChI is InChI=1S/C20H24N6O2/c1-24(2)17-6-4-3-5-16(17)15-7-8-18-21-20(23-26(18)13-15)22-19(27)14-25-9-11-28-12-10-25/h3-8,13H,9-12,14H2,1-2H3,(H,22,23,27). The van der Waals surface area contributed by atoms with E-state index in [1.54, 1.807) is 4.52 Å². The molecule has 4 rings (SSSR count). The lowest BCUT2D eigenvalue weighted by atomic mass is 10.1. The molecule has 0 spiro atoms. The number of aromatic nitrogens is 3. The fourth-order valence-corrected chi connectivity index (χ4v) is 3.33. The van der Waals surface area contributed by atoms with Crippen LogP contribution in [0, 0.1) is 0 Å². The van der Waals surface area contributed by atoms with Gasteiger partial charge < -0.3 is 9.64 Å². The van der Waals surface area contributed by atoms with E-state index in [9.17, 15) is 4.79 Å². The Bertz CT molecular complexity index is 978. The Kier molecular flexibility index (Phi) is 5.23. The molecule has 1 amide bonds. The number of hydrogen-bond acceptors (Lipinski definition) is 6. The average Bonchev–Trinajstić information content (AvgIpc) is 3.09. The number of nitrogens with zero attached hydrogens (tertiary/aromatic N) is 5. The molecule has 0 radical (unpaired) electrons. The molecule has 1 aromatic carbocycles. The molecule has 3 heterocycles. The number of nitrogens with one attached hydrogen (secondary N) is 1. The van der Waals surface area contributed by atoms with Gasteiger partial charge in [-0.1, -0.05) is 18.2 Å². The van der Waals surface area contributed by atoms with Crippen LogP contribution in [-0.4, -0.2) is 72.3 Å². The Hall–Kier alpha value is -2.97. The number of ether oxygens (including phenoxy) is 1. The van der Waals surface area contributed by atoms with Crippen LogP contribution in [0.1, 0.15) is 0 Å². The van der Waals surface area contributed by atoms with Crippen molar-refractivity contribution in [3.05, 3.63) is 42.6 Å². The number of rotatable bonds is 5. The smallest absolute Gasteiger partial charge is 0.249 e. The second-order valence-corrected chi connectivity index (χ2v) is 7.00. The SMILES string of the molecule is CN(C)c1ccccc1-c1ccc2nc(NC(=O)CN3CCOCC3)nn2c1. The van der Waals surface area contributed by atoms with Gasteiger partial charge in [-0.3, -0.25) is 15.0 Å². The highest BCUT2D eigenvalue weighted by molar-refractivity contribution is 5.90. The summed E-state index contributed by atoms with van der Waals surface area (Å²) in [6.45, 7) is 3.18. The number of carbonyl (C=O) groups excluding carboxylic acids is 1. The van der Waals surface area contributed by atoms with Crippen molar-refractivity contribution in [2.75, 3.05) is 57.2 Å². The molecule has 0 bridgehead atoms. The minimum absolute atomic E-state index is 0.115. The minimum atomic E-state index is -0.115. The molecule has 1 N–H and O–H groups in total. The van der Waals surface area contributed by atoms with E-state index in [1.165, 1.54) is 0 Å². The summed E-state index contributed by atoms with van der Waals surface area (Å²) in [5.41, 5.74) is 3.96. The molecule has 146 valence electrons. The van der Waals surface area contributed by atoms with E-state index in [4.69, 9.17) is 4.74 Å². The van der Waals surface area contributed by atoms with Gasteiger partial charge in [0.25, 0.3) is 0 Å². The monoisotopic (exact) mass is 380 g/mol. The van der Waals surface area contributed by atoms with Crippen LogP contribution in [0.15, 0.2) is 42.6 Å². The van der Waals surface area contributed by atoms with Crippen molar-refractivity contribution in [3.63, 3.8) is 0 Å². The van der Waals surface area contributed by atoms with Crippen molar-refractivity contribution < 1.29 is 9.53 Å². The lowest BCUT2D eigenvalue weighted by molar-refractivity contribution is -0.118. The number of fused-ring (bicyclic) bond motifs is 1. The molecule has 8 nitrogen and oxygen atoms in total. The van der Waals surface area contributed by atoms with E-state index in [-0.39, 0.29) is 5.91 Å². The number of anilines is 2. The topological polar surface area (TPSA) is 75.0 Å². The number of hydrogen-bond donors (Lipinski definition) is 1. The van der Waals surface area contributed by atoms with E-state index in [0.29, 0.717) is 31.4 Å². The summed E-state index contributed by atoms with van der Waals surface area (Å²) < 4.78 is 7.01. The summed E-state index contributed by atoms with van der Waals surface area (Å²) in [6, 6.07) is 12.1. The third-order valence-electron chi connectivity index (χ3n) is 4.75. The van der Waals surface area contributed by atoms with Crippen LogP contribution in [0.3, 0.4) is 0 Å². The van der Waals surface area contributed by atoms with Crippen molar-refractivity contribution in [2.45, 2.75) is 0 Å². The molecule has 1 aliphatic heterocycles. The normalized spacial score (nSPS) is 14.9. The number of carbonyl (C=O) groups is 1. The number of amides is 1. The highest BCUT2D eigenvalue weighted by atomic mass is 16.5. The maximum absolute atomic E-state index is 12.3. The van der Waals surface area contributed by atoms with Crippen LogP contribution in [-0.2, 0) is 9.53 Å². The van der Waals surface area contributed by atoms with Gasteiger partial charge in [-0.05, 0) is 18.2 Å². The van der Waals surface area contributed by atoms with Crippen LogP contribution in [0.5, 0.6) is 0 Å². The van der Waals surface area contributed by atoms with Gasteiger partial charge in [0, 0.05) is 50.2 Å². The van der Waals surface area contributed by atoms with E-state index in [0.717, 1.165) is 29.9 Å². The summed E-state index contributed by atoms with van der Waals surface area (Å²) >= 11 is 0. The molecular weight excluding hydrogens is 356 g/mol. The molecule has 0 aliphatic carbocycles. The summed E-state index contributed by atoms with van der Waals surface area (Å²) in [5, 5.41) is 7.22. The lowest BCUT2D eigenvalue weighted by Crippen LogP contribution is -2.41.